The lowest BCUT2D eigenvalue weighted by Crippen LogP contribution is -2.38. The largest absolute Gasteiger partial charge is 0.312 e. The van der Waals surface area contributed by atoms with Crippen LogP contribution < -0.4 is 4.90 Å². The molecule has 1 spiro atoms. The predicted molar refractivity (Wildman–Crippen MR) is 108 cm³/mol. The van der Waals surface area contributed by atoms with Gasteiger partial charge in [-0.1, -0.05) is 24.1 Å². The van der Waals surface area contributed by atoms with Gasteiger partial charge in [0.15, 0.2) is 0 Å². The van der Waals surface area contributed by atoms with Crippen molar-refractivity contribution in [2.24, 2.45) is 16.3 Å². The number of hydrogen-bond donors (Lipinski definition) is 0. The van der Waals surface area contributed by atoms with Crippen molar-refractivity contribution < 1.29 is 9.59 Å². The molecule has 2 aromatic rings. The van der Waals surface area contributed by atoms with Gasteiger partial charge in [-0.2, -0.15) is 0 Å². The minimum Gasteiger partial charge on any atom is -0.312 e. The normalized spacial score (nSPS) is 25.0. The van der Waals surface area contributed by atoms with Crippen molar-refractivity contribution in [1.29, 1.82) is 0 Å². The molecule has 7 heteroatoms. The fourth-order valence-electron chi connectivity index (χ4n) is 4.32. The summed E-state index contributed by atoms with van der Waals surface area (Å²) in [5, 5.41) is 0.627. The minimum absolute atomic E-state index is 0.109. The molecule has 2 atom stereocenters. The third kappa shape index (κ3) is 3.69. The zero-order valence-corrected chi connectivity index (χ0v) is 16.2. The van der Waals surface area contributed by atoms with Gasteiger partial charge in [0.25, 0.3) is 5.91 Å². The summed E-state index contributed by atoms with van der Waals surface area (Å²) in [6, 6.07) is 7.43. The Bertz CT molecular complexity index is 918. The Morgan fingerprint density at radius 1 is 1.32 bits per heavy atom. The summed E-state index contributed by atoms with van der Waals surface area (Å²) in [6.07, 6.45) is 10.4. The van der Waals surface area contributed by atoms with E-state index in [1.807, 2.05) is 29.2 Å². The van der Waals surface area contributed by atoms with Crippen molar-refractivity contribution in [1.82, 2.24) is 9.97 Å². The summed E-state index contributed by atoms with van der Waals surface area (Å²) in [5.74, 6) is -0.128. The van der Waals surface area contributed by atoms with Gasteiger partial charge >= 0.3 is 0 Å². The molecule has 1 aromatic heterocycles. The summed E-state index contributed by atoms with van der Waals surface area (Å²) in [6.45, 7) is 0.696. The molecule has 1 saturated carbocycles. The predicted octanol–water partition coefficient (Wildman–Crippen LogP) is 3.95. The lowest BCUT2D eigenvalue weighted by atomic mass is 9.69. The van der Waals surface area contributed by atoms with E-state index in [-0.39, 0.29) is 22.9 Å². The molecule has 28 heavy (non-hydrogen) atoms. The average Bonchev–Trinajstić information content (AvgIpc) is 3.02. The molecule has 6 nitrogen and oxygen atoms in total. The SMILES string of the molecule is O=C(N=CC1CCC[C@]2(CCN(c3cccc(Cl)c3)C2=O)C1)c1cnccn1. The van der Waals surface area contributed by atoms with E-state index in [0.29, 0.717) is 11.6 Å². The molecule has 0 radical (unpaired) electrons. The van der Waals surface area contributed by atoms with Crippen molar-refractivity contribution >= 4 is 35.3 Å². The number of aliphatic imine (C=N–C) groups is 1. The second kappa shape index (κ2) is 7.80. The fourth-order valence-corrected chi connectivity index (χ4v) is 4.50. The maximum atomic E-state index is 13.3. The van der Waals surface area contributed by atoms with Crippen molar-refractivity contribution in [3.8, 4) is 0 Å². The van der Waals surface area contributed by atoms with Crippen LogP contribution in [0.25, 0.3) is 0 Å². The highest BCUT2D eigenvalue weighted by Gasteiger charge is 2.49. The Hall–Kier alpha value is -2.60. The zero-order valence-electron chi connectivity index (χ0n) is 15.4. The smallest absolute Gasteiger partial charge is 0.296 e. The van der Waals surface area contributed by atoms with Gasteiger partial charge in [0, 0.05) is 35.9 Å². The van der Waals surface area contributed by atoms with Gasteiger partial charge < -0.3 is 4.90 Å². The number of amides is 2. The number of aromatic nitrogens is 2. The Kier molecular flexibility index (Phi) is 5.22. The molecular formula is C21H21ClN4O2. The molecule has 2 aliphatic rings. The molecule has 144 valence electrons. The first-order chi connectivity index (χ1) is 13.6. The Labute approximate surface area is 168 Å². The third-order valence-corrected chi connectivity index (χ3v) is 5.94. The lowest BCUT2D eigenvalue weighted by molar-refractivity contribution is -0.127. The molecule has 2 amide bonds. The van der Waals surface area contributed by atoms with Crippen LogP contribution in [0.15, 0.2) is 47.8 Å². The van der Waals surface area contributed by atoms with E-state index in [1.54, 1.807) is 6.21 Å². The summed E-state index contributed by atoms with van der Waals surface area (Å²) in [7, 11) is 0. The van der Waals surface area contributed by atoms with Gasteiger partial charge in [0.1, 0.15) is 5.69 Å². The van der Waals surface area contributed by atoms with E-state index in [0.717, 1.165) is 37.8 Å². The van der Waals surface area contributed by atoms with Gasteiger partial charge in [-0.25, -0.2) is 9.98 Å². The van der Waals surface area contributed by atoms with Crippen molar-refractivity contribution in [2.75, 3.05) is 11.4 Å². The second-order valence-corrected chi connectivity index (χ2v) is 7.93. The quantitative estimate of drug-likeness (QED) is 0.736. The molecule has 1 aliphatic carbocycles. The number of benzene rings is 1. The first-order valence-electron chi connectivity index (χ1n) is 9.49. The molecule has 1 saturated heterocycles. The molecule has 2 fully saturated rings. The number of carbonyl (C=O) groups excluding carboxylic acids is 2. The van der Waals surface area contributed by atoms with Crippen LogP contribution in [0.4, 0.5) is 5.69 Å². The summed E-state index contributed by atoms with van der Waals surface area (Å²) in [5.41, 5.74) is 0.712. The number of nitrogens with zero attached hydrogens (tertiary/aromatic N) is 4. The van der Waals surface area contributed by atoms with Crippen molar-refractivity contribution in [3.05, 3.63) is 53.6 Å². The molecule has 1 aromatic carbocycles. The van der Waals surface area contributed by atoms with Gasteiger partial charge in [-0.05, 0) is 49.8 Å². The number of hydrogen-bond acceptors (Lipinski definition) is 4. The Balaban J connectivity index is 1.47. The first kappa shape index (κ1) is 18.7. The molecular weight excluding hydrogens is 376 g/mol. The standard InChI is InChI=1S/C21H21ClN4O2/c22-16-4-1-5-17(11-16)26-10-7-21(20(26)28)6-2-3-15(12-21)13-25-19(27)18-14-23-8-9-24-18/h1,4-5,8-9,11,13-15H,2-3,6-7,10,12H2/t15?,21-/m0/s1. The third-order valence-electron chi connectivity index (χ3n) is 5.70. The summed E-state index contributed by atoms with van der Waals surface area (Å²) < 4.78 is 0. The van der Waals surface area contributed by atoms with Gasteiger partial charge in [0.05, 0.1) is 11.6 Å². The second-order valence-electron chi connectivity index (χ2n) is 7.50. The fraction of sp³-hybridized carbons (Fsp3) is 0.381. The number of halogens is 1. The number of anilines is 1. The van der Waals surface area contributed by atoms with Crippen molar-refractivity contribution in [2.45, 2.75) is 32.1 Å². The van der Waals surface area contributed by atoms with Gasteiger partial charge in [0.2, 0.25) is 5.91 Å². The highest BCUT2D eigenvalue weighted by molar-refractivity contribution is 6.31. The van der Waals surface area contributed by atoms with Crippen molar-refractivity contribution in [3.63, 3.8) is 0 Å². The number of rotatable bonds is 3. The van der Waals surface area contributed by atoms with Gasteiger partial charge in [-0.3, -0.25) is 14.6 Å². The maximum Gasteiger partial charge on any atom is 0.296 e. The molecule has 2 heterocycles. The van der Waals surface area contributed by atoms with E-state index in [1.165, 1.54) is 18.6 Å². The average molecular weight is 397 g/mol. The topological polar surface area (TPSA) is 75.5 Å². The molecule has 0 N–H and O–H groups in total. The van der Waals surface area contributed by atoms with Crippen LogP contribution >= 0.6 is 11.6 Å². The van der Waals surface area contributed by atoms with E-state index in [9.17, 15) is 9.59 Å². The van der Waals surface area contributed by atoms with Crippen LogP contribution in [-0.2, 0) is 4.79 Å². The van der Waals surface area contributed by atoms with E-state index < -0.39 is 5.91 Å². The summed E-state index contributed by atoms with van der Waals surface area (Å²) >= 11 is 6.10. The van der Waals surface area contributed by atoms with E-state index in [4.69, 9.17) is 11.6 Å². The van der Waals surface area contributed by atoms with Crippen LogP contribution in [-0.4, -0.2) is 34.5 Å². The van der Waals surface area contributed by atoms with Crippen LogP contribution in [0.3, 0.4) is 0 Å². The monoisotopic (exact) mass is 396 g/mol. The van der Waals surface area contributed by atoms with Crippen LogP contribution in [0, 0.1) is 11.3 Å². The molecule has 1 aliphatic heterocycles. The first-order valence-corrected chi connectivity index (χ1v) is 9.87. The van der Waals surface area contributed by atoms with E-state index >= 15 is 0 Å². The highest BCUT2D eigenvalue weighted by Crippen LogP contribution is 2.47. The Morgan fingerprint density at radius 2 is 2.21 bits per heavy atom. The van der Waals surface area contributed by atoms with E-state index in [2.05, 4.69) is 15.0 Å². The Morgan fingerprint density at radius 3 is 3.00 bits per heavy atom. The zero-order chi connectivity index (χ0) is 19.6. The maximum absolute atomic E-state index is 13.3. The van der Waals surface area contributed by atoms with Crippen LogP contribution in [0.1, 0.15) is 42.6 Å². The number of carbonyl (C=O) groups is 2. The minimum atomic E-state index is -0.397. The molecule has 0 bridgehead atoms. The lowest BCUT2D eigenvalue weighted by Gasteiger charge is -2.35. The molecule has 1 unspecified atom stereocenters. The van der Waals surface area contributed by atoms with Crippen LogP contribution in [0.2, 0.25) is 5.02 Å². The van der Waals surface area contributed by atoms with Gasteiger partial charge in [-0.15, -0.1) is 0 Å². The molecule has 4 rings (SSSR count). The highest BCUT2D eigenvalue weighted by atomic mass is 35.5. The summed E-state index contributed by atoms with van der Waals surface area (Å²) in [4.78, 5) is 39.2. The van der Waals surface area contributed by atoms with Crippen LogP contribution in [0.5, 0.6) is 0 Å².